The topological polar surface area (TPSA) is 77.4 Å². The molecule has 0 saturated heterocycles. The molecule has 6 nitrogen and oxygen atoms in total. The molecule has 2 aromatic rings. The van der Waals surface area contributed by atoms with Gasteiger partial charge in [-0.25, -0.2) is 0 Å². The molecule has 4 rings (SSSR count). The summed E-state index contributed by atoms with van der Waals surface area (Å²) in [7, 11) is -8.41. The summed E-state index contributed by atoms with van der Waals surface area (Å²) in [5, 5.41) is 25.0. The van der Waals surface area contributed by atoms with Gasteiger partial charge in [0.2, 0.25) is 33.3 Å². The molecule has 0 heterocycles. The van der Waals surface area contributed by atoms with E-state index in [1.54, 1.807) is 0 Å². The lowest BCUT2D eigenvalue weighted by atomic mass is 9.62. The third kappa shape index (κ3) is 10.5. The average Bonchev–Trinajstić information content (AvgIpc) is 3.03. The molecule has 0 amide bonds. The Hall–Kier alpha value is -1.57. The molecule has 330 valence electrons. The minimum Gasteiger partial charge on any atom is -0.543 e. The molecule has 0 unspecified atom stereocenters. The van der Waals surface area contributed by atoms with Crippen LogP contribution in [0.1, 0.15) is 157 Å². The van der Waals surface area contributed by atoms with Gasteiger partial charge in [-0.3, -0.25) is 0 Å². The zero-order valence-corrected chi connectivity index (χ0v) is 44.8. The van der Waals surface area contributed by atoms with Crippen LogP contribution in [0.5, 0.6) is 23.0 Å². The summed E-state index contributed by atoms with van der Waals surface area (Å²) >= 11 is 0. The third-order valence-corrected chi connectivity index (χ3v) is 33.4. The van der Waals surface area contributed by atoms with E-state index < -0.39 is 44.5 Å². The second kappa shape index (κ2) is 16.3. The first-order valence-electron chi connectivity index (χ1n) is 22.4. The van der Waals surface area contributed by atoms with E-state index in [0.29, 0.717) is 25.7 Å². The maximum absolute atomic E-state index is 12.4. The van der Waals surface area contributed by atoms with E-state index in [2.05, 4.69) is 172 Å². The summed E-state index contributed by atoms with van der Waals surface area (Å²) in [6.45, 7) is 45.7. The Morgan fingerprint density at radius 2 is 0.672 bits per heavy atom. The summed E-state index contributed by atoms with van der Waals surface area (Å²) in [5.41, 5.74) is 0.171. The van der Waals surface area contributed by atoms with Crippen LogP contribution in [0.25, 0.3) is 0 Å². The zero-order valence-electron chi connectivity index (χ0n) is 40.8. The fourth-order valence-electron chi connectivity index (χ4n) is 7.50. The van der Waals surface area contributed by atoms with Crippen molar-refractivity contribution in [3.05, 3.63) is 47.5 Å². The van der Waals surface area contributed by atoms with E-state index in [1.165, 1.54) is 11.1 Å². The van der Waals surface area contributed by atoms with Crippen molar-refractivity contribution in [1.29, 1.82) is 0 Å². The van der Waals surface area contributed by atoms with Crippen LogP contribution < -0.4 is 17.7 Å². The van der Waals surface area contributed by atoms with Gasteiger partial charge < -0.3 is 27.9 Å². The molecule has 0 spiro atoms. The van der Waals surface area contributed by atoms with Crippen LogP contribution in [0, 0.1) is 0 Å². The fourth-order valence-corrected chi connectivity index (χ4v) is 11.6. The predicted molar refractivity (Wildman–Crippen MR) is 257 cm³/mol. The van der Waals surface area contributed by atoms with Gasteiger partial charge in [-0.15, -0.1) is 0 Å². The lowest BCUT2D eigenvalue weighted by Gasteiger charge is -2.50. The highest BCUT2D eigenvalue weighted by Crippen LogP contribution is 2.54. The highest BCUT2D eigenvalue weighted by molar-refractivity contribution is 6.76. The van der Waals surface area contributed by atoms with Crippen molar-refractivity contribution in [3.8, 4) is 23.0 Å². The molecule has 2 fully saturated rings. The molecule has 0 atom stereocenters. The molecule has 0 radical (unpaired) electrons. The zero-order chi connectivity index (χ0) is 44.3. The summed E-state index contributed by atoms with van der Waals surface area (Å²) in [4.78, 5) is 0. The molecule has 10 heteroatoms. The summed E-state index contributed by atoms with van der Waals surface area (Å²) in [6, 6.07) is 13.0. The summed E-state index contributed by atoms with van der Waals surface area (Å²) < 4.78 is 27.8. The number of benzene rings is 2. The summed E-state index contributed by atoms with van der Waals surface area (Å²) in [6.07, 6.45) is 5.49. The smallest absolute Gasteiger partial charge is 0.250 e. The van der Waals surface area contributed by atoms with E-state index >= 15 is 0 Å². The second-order valence-electron chi connectivity index (χ2n) is 24.5. The largest absolute Gasteiger partial charge is 0.543 e. The highest BCUT2D eigenvalue weighted by atomic mass is 28.4. The predicted octanol–water partition coefficient (Wildman–Crippen LogP) is 14.7. The Bertz CT molecular complexity index is 1590. The van der Waals surface area contributed by atoms with Crippen molar-refractivity contribution >= 4 is 33.3 Å². The Kier molecular flexibility index (Phi) is 13.8. The first-order chi connectivity index (χ1) is 25.9. The van der Waals surface area contributed by atoms with Crippen LogP contribution in [-0.2, 0) is 0 Å². The average molecular weight is 872 g/mol. The van der Waals surface area contributed by atoms with E-state index in [9.17, 15) is 10.2 Å². The Labute approximate surface area is 360 Å². The second-order valence-corrected chi connectivity index (χ2v) is 43.4. The molecule has 2 aliphatic rings. The van der Waals surface area contributed by atoms with Crippen molar-refractivity contribution < 1.29 is 27.9 Å². The maximum atomic E-state index is 12.4. The minimum absolute atomic E-state index is 0.0493. The molecule has 0 aromatic heterocycles. The van der Waals surface area contributed by atoms with Gasteiger partial charge in [-0.1, -0.05) is 95.2 Å². The summed E-state index contributed by atoms with van der Waals surface area (Å²) in [5.74, 6) is 4.13. The van der Waals surface area contributed by atoms with Crippen LogP contribution in [0.15, 0.2) is 36.4 Å². The minimum atomic E-state index is -2.16. The molecule has 2 aliphatic carbocycles. The van der Waals surface area contributed by atoms with Gasteiger partial charge in [-0.2, -0.15) is 0 Å². The van der Waals surface area contributed by atoms with Crippen LogP contribution in [0.2, 0.25) is 72.5 Å². The van der Waals surface area contributed by atoms with Crippen molar-refractivity contribution in [2.24, 2.45) is 0 Å². The Morgan fingerprint density at radius 3 is 0.914 bits per heavy atom. The van der Waals surface area contributed by atoms with Gasteiger partial charge in [0.05, 0.1) is 11.2 Å². The molecule has 58 heavy (non-hydrogen) atoms. The van der Waals surface area contributed by atoms with Gasteiger partial charge in [0.1, 0.15) is 23.0 Å². The first kappa shape index (κ1) is 49.1. The monoisotopic (exact) mass is 871 g/mol. The molecule has 2 N–H and O–H groups in total. The number of hydrogen-bond acceptors (Lipinski definition) is 6. The van der Waals surface area contributed by atoms with Crippen LogP contribution in [0.3, 0.4) is 0 Å². The number of rotatable bonds is 11. The molecular formula is C48H86O6Si4. The van der Waals surface area contributed by atoms with Gasteiger partial charge in [0.15, 0.2) is 0 Å². The van der Waals surface area contributed by atoms with Crippen LogP contribution in [-0.4, -0.2) is 54.7 Å². The van der Waals surface area contributed by atoms with E-state index in [0.717, 1.165) is 48.7 Å². The molecule has 0 aliphatic heterocycles. The van der Waals surface area contributed by atoms with E-state index in [-0.39, 0.29) is 32.0 Å². The Balaban J connectivity index is 1.56. The number of aliphatic hydroxyl groups is 2. The van der Waals surface area contributed by atoms with Crippen molar-refractivity contribution in [3.63, 3.8) is 0 Å². The maximum Gasteiger partial charge on any atom is 0.250 e. The first-order valence-corrected chi connectivity index (χ1v) is 34.1. The van der Waals surface area contributed by atoms with E-state index in [4.69, 9.17) is 17.7 Å². The van der Waals surface area contributed by atoms with Crippen molar-refractivity contribution in [2.75, 3.05) is 0 Å². The normalized spacial score (nSPS) is 24.7. The quantitative estimate of drug-likeness (QED) is 0.219. The van der Waals surface area contributed by atoms with E-state index in [1.807, 2.05) is 0 Å². The number of hydrogen-bond donors (Lipinski definition) is 2. The van der Waals surface area contributed by atoms with Gasteiger partial charge in [-0.05, 0) is 159 Å². The fraction of sp³-hybridized carbons (Fsp3) is 0.750. The van der Waals surface area contributed by atoms with Crippen LogP contribution in [0.4, 0.5) is 0 Å². The molecule has 2 aromatic carbocycles. The highest BCUT2D eigenvalue weighted by Gasteiger charge is 2.53. The van der Waals surface area contributed by atoms with Gasteiger partial charge in [0.25, 0.3) is 0 Å². The third-order valence-electron chi connectivity index (χ3n) is 16.0. The lowest BCUT2D eigenvalue weighted by Crippen LogP contribution is -2.57. The van der Waals surface area contributed by atoms with Gasteiger partial charge >= 0.3 is 0 Å². The van der Waals surface area contributed by atoms with Crippen molar-refractivity contribution in [1.82, 2.24) is 0 Å². The SMILES string of the molecule is CC(C)(C)[Si](C)(C)Oc1ccc(C2CCC(O)(C3(O)CCC(c4ccc(O[Si](C)(C)C(C)(C)C)cc4O[Si](C)(C)C(C)(C)C)CC3)CC2)c(O[Si](C)(C)C(C)(C)C)c1. The Morgan fingerprint density at radius 1 is 0.431 bits per heavy atom. The lowest BCUT2D eigenvalue weighted by molar-refractivity contribution is -0.185. The van der Waals surface area contributed by atoms with Crippen LogP contribution >= 0.6 is 0 Å². The van der Waals surface area contributed by atoms with Crippen molar-refractivity contribution in [2.45, 2.75) is 230 Å². The standard InChI is InChI=1S/C48H86O6Si4/c1-43(2,3)55(13,14)51-37-21-23-39(41(33-37)53-57(17,18)45(7,8)9)35-25-29-47(49,30-26-35)48(50)31-27-36(28-32-48)40-24-22-38(52-56(15,16)44(4,5)6)34-42(40)54-58(19,20)46(10,11)12/h21-24,33-36,49-50H,25-32H2,1-20H3. The molecule has 2 saturated carbocycles. The molecular weight excluding hydrogens is 785 g/mol. The van der Waals surface area contributed by atoms with Gasteiger partial charge in [0, 0.05) is 12.1 Å². The molecule has 0 bridgehead atoms.